The van der Waals surface area contributed by atoms with Crippen LogP contribution < -0.4 is 5.32 Å². The van der Waals surface area contributed by atoms with Gasteiger partial charge in [-0.2, -0.15) is 0 Å². The highest BCUT2D eigenvalue weighted by Crippen LogP contribution is 2.22. The highest BCUT2D eigenvalue weighted by molar-refractivity contribution is 5.95. The minimum atomic E-state index is 0.127. The average molecular weight is 407 g/mol. The molecule has 1 aliphatic carbocycles. The Bertz CT molecular complexity index is 867. The molecule has 0 unspecified atom stereocenters. The van der Waals surface area contributed by atoms with Crippen molar-refractivity contribution in [2.24, 2.45) is 0 Å². The van der Waals surface area contributed by atoms with E-state index in [1.807, 2.05) is 34.0 Å². The number of rotatable bonds is 5. The van der Waals surface area contributed by atoms with Crippen LogP contribution >= 0.6 is 0 Å². The summed E-state index contributed by atoms with van der Waals surface area (Å²) < 4.78 is 0. The van der Waals surface area contributed by atoms with Crippen LogP contribution in [0.1, 0.15) is 66.0 Å². The number of allylic oxidation sites excluding steroid dienone is 5. The van der Waals surface area contributed by atoms with Crippen molar-refractivity contribution in [2.45, 2.75) is 53.4 Å². The Balaban J connectivity index is 0.000000294. The molecule has 0 atom stereocenters. The van der Waals surface area contributed by atoms with Gasteiger partial charge in [0.15, 0.2) is 5.78 Å². The van der Waals surface area contributed by atoms with Gasteiger partial charge in [0, 0.05) is 17.0 Å². The molecule has 1 aromatic carbocycles. The van der Waals surface area contributed by atoms with Crippen LogP contribution in [0, 0.1) is 13.8 Å². The van der Waals surface area contributed by atoms with Crippen molar-refractivity contribution in [3.8, 4) is 0 Å². The van der Waals surface area contributed by atoms with Crippen molar-refractivity contribution < 1.29 is 4.79 Å². The first-order valence-corrected chi connectivity index (χ1v) is 10.6. The molecule has 2 aromatic rings. The van der Waals surface area contributed by atoms with Crippen molar-refractivity contribution >= 4 is 11.4 Å². The van der Waals surface area contributed by atoms with E-state index in [0.717, 1.165) is 29.8 Å². The van der Waals surface area contributed by atoms with E-state index in [-0.39, 0.29) is 5.78 Å². The van der Waals surface area contributed by atoms with Gasteiger partial charge in [0.1, 0.15) is 0 Å². The maximum Gasteiger partial charge on any atom is 0.161 e. The highest BCUT2D eigenvalue weighted by atomic mass is 16.1. The molecule has 1 aliphatic rings. The van der Waals surface area contributed by atoms with E-state index in [2.05, 4.69) is 66.3 Å². The van der Waals surface area contributed by atoms with Crippen LogP contribution in [-0.2, 0) is 6.42 Å². The second-order valence-electron chi connectivity index (χ2n) is 7.84. The zero-order valence-corrected chi connectivity index (χ0v) is 19.6. The van der Waals surface area contributed by atoms with E-state index in [0.29, 0.717) is 0 Å². The number of ketones is 1. The molecule has 0 amide bonds. The van der Waals surface area contributed by atoms with Gasteiger partial charge < -0.3 is 10.3 Å². The summed E-state index contributed by atoms with van der Waals surface area (Å²) in [7, 11) is 3.75. The van der Waals surface area contributed by atoms with E-state index in [9.17, 15) is 4.79 Å². The van der Waals surface area contributed by atoms with Crippen molar-refractivity contribution in [3.63, 3.8) is 0 Å². The van der Waals surface area contributed by atoms with E-state index in [4.69, 9.17) is 0 Å². The van der Waals surface area contributed by atoms with Gasteiger partial charge in [0.2, 0.25) is 0 Å². The Morgan fingerprint density at radius 2 is 1.73 bits per heavy atom. The van der Waals surface area contributed by atoms with Crippen LogP contribution in [0.2, 0.25) is 0 Å². The predicted molar refractivity (Wildman–Crippen MR) is 131 cm³/mol. The molecule has 0 fully saturated rings. The Morgan fingerprint density at radius 3 is 2.13 bits per heavy atom. The number of benzene rings is 1. The Labute approximate surface area is 183 Å². The first-order chi connectivity index (χ1) is 14.3. The SMILES string of the molecule is C=C(C)CCc1ccc(C2=CCCC=C2)cc1.CC(=O)c1cc(C)[nH]c1C.CNC. The Hall–Kier alpha value is -2.65. The van der Waals surface area contributed by atoms with Gasteiger partial charge in [-0.3, -0.25) is 4.79 Å². The summed E-state index contributed by atoms with van der Waals surface area (Å²) in [4.78, 5) is 13.9. The van der Waals surface area contributed by atoms with Crippen LogP contribution in [0.3, 0.4) is 0 Å². The van der Waals surface area contributed by atoms with Crippen LogP contribution in [0.15, 0.2) is 60.7 Å². The van der Waals surface area contributed by atoms with Crippen LogP contribution in [-0.4, -0.2) is 24.9 Å². The standard InChI is InChI=1S/C17H20.C8H11NO.C2H7N/c1-14(2)8-9-15-10-12-17(13-11-15)16-6-4-3-5-7-16;1-5-4-8(7(3)10)6(2)9-5;1-3-2/h4,6-7,10-13H,1,3,5,8-9H2,2H3;4,9H,1-3H3;3H,1-2H3. The Morgan fingerprint density at radius 1 is 1.10 bits per heavy atom. The lowest BCUT2D eigenvalue weighted by Gasteiger charge is -2.08. The minimum absolute atomic E-state index is 0.127. The van der Waals surface area contributed by atoms with Crippen molar-refractivity contribution in [3.05, 3.63) is 88.8 Å². The lowest BCUT2D eigenvalue weighted by atomic mass is 9.97. The molecule has 1 heterocycles. The molecule has 2 N–H and O–H groups in total. The third kappa shape index (κ3) is 9.23. The zero-order valence-electron chi connectivity index (χ0n) is 19.6. The number of carbonyl (C=O) groups is 1. The van der Waals surface area contributed by atoms with Crippen molar-refractivity contribution in [1.29, 1.82) is 0 Å². The minimum Gasteiger partial charge on any atom is -0.362 e. The highest BCUT2D eigenvalue weighted by Gasteiger charge is 2.05. The maximum absolute atomic E-state index is 10.9. The van der Waals surface area contributed by atoms with Crippen LogP contribution in [0.25, 0.3) is 5.57 Å². The molecule has 0 radical (unpaired) electrons. The molecule has 30 heavy (non-hydrogen) atoms. The molecular formula is C27H38N2O. The van der Waals surface area contributed by atoms with E-state index >= 15 is 0 Å². The fourth-order valence-corrected chi connectivity index (χ4v) is 3.14. The number of hydrogen-bond acceptors (Lipinski definition) is 2. The molecule has 0 spiro atoms. The summed E-state index contributed by atoms with van der Waals surface area (Å²) in [5.74, 6) is 0.127. The molecule has 3 rings (SSSR count). The van der Waals surface area contributed by atoms with Gasteiger partial charge in [-0.05, 0) is 90.2 Å². The number of nitrogens with one attached hydrogen (secondary N) is 2. The van der Waals surface area contributed by atoms with Crippen molar-refractivity contribution in [1.82, 2.24) is 10.3 Å². The number of aromatic amines is 1. The maximum atomic E-state index is 10.9. The van der Waals surface area contributed by atoms with E-state index in [1.54, 1.807) is 6.92 Å². The van der Waals surface area contributed by atoms with Gasteiger partial charge in [0.05, 0.1) is 0 Å². The normalized spacial score (nSPS) is 12.1. The van der Waals surface area contributed by atoms with Gasteiger partial charge in [-0.15, -0.1) is 6.58 Å². The number of H-pyrrole nitrogens is 1. The van der Waals surface area contributed by atoms with Gasteiger partial charge in [-0.1, -0.05) is 48.1 Å². The zero-order chi connectivity index (χ0) is 22.5. The van der Waals surface area contributed by atoms with E-state index < -0.39 is 0 Å². The number of Topliss-reactive ketones (excluding diaryl/α,β-unsaturated/α-hetero) is 1. The van der Waals surface area contributed by atoms with Gasteiger partial charge >= 0.3 is 0 Å². The molecule has 0 saturated carbocycles. The molecule has 0 aliphatic heterocycles. The van der Waals surface area contributed by atoms with Crippen LogP contribution in [0.5, 0.6) is 0 Å². The second-order valence-corrected chi connectivity index (χ2v) is 7.84. The molecule has 0 saturated heterocycles. The Kier molecular flexibility index (Phi) is 11.5. The third-order valence-electron chi connectivity index (χ3n) is 4.65. The molecule has 3 nitrogen and oxygen atoms in total. The van der Waals surface area contributed by atoms with Crippen molar-refractivity contribution in [2.75, 3.05) is 14.1 Å². The topological polar surface area (TPSA) is 44.9 Å². The summed E-state index contributed by atoms with van der Waals surface area (Å²) in [5, 5.41) is 2.75. The second kappa shape index (κ2) is 13.6. The largest absolute Gasteiger partial charge is 0.362 e. The summed E-state index contributed by atoms with van der Waals surface area (Å²) in [6.07, 6.45) is 11.3. The summed E-state index contributed by atoms with van der Waals surface area (Å²) in [6.45, 7) is 11.5. The molecular weight excluding hydrogens is 368 g/mol. The summed E-state index contributed by atoms with van der Waals surface area (Å²) in [5.41, 5.74) is 8.16. The number of carbonyl (C=O) groups excluding carboxylic acids is 1. The molecule has 0 bridgehead atoms. The lowest BCUT2D eigenvalue weighted by molar-refractivity contribution is 0.101. The smallest absolute Gasteiger partial charge is 0.161 e. The monoisotopic (exact) mass is 406 g/mol. The predicted octanol–water partition coefficient (Wildman–Crippen LogP) is 6.60. The third-order valence-corrected chi connectivity index (χ3v) is 4.65. The fourth-order valence-electron chi connectivity index (χ4n) is 3.14. The molecule has 3 heteroatoms. The molecule has 1 aromatic heterocycles. The molecule has 162 valence electrons. The van der Waals surface area contributed by atoms with Gasteiger partial charge in [-0.25, -0.2) is 0 Å². The fraction of sp³-hybridized carbons (Fsp3) is 0.370. The number of hydrogen-bond donors (Lipinski definition) is 2. The first kappa shape index (κ1) is 25.4. The van der Waals surface area contributed by atoms with E-state index in [1.165, 1.54) is 35.1 Å². The van der Waals surface area contributed by atoms with Gasteiger partial charge in [0.25, 0.3) is 0 Å². The average Bonchev–Trinajstić information content (AvgIpc) is 3.07. The number of aryl methyl sites for hydroxylation is 3. The first-order valence-electron chi connectivity index (χ1n) is 10.6. The van der Waals surface area contributed by atoms with Crippen LogP contribution in [0.4, 0.5) is 0 Å². The summed E-state index contributed by atoms with van der Waals surface area (Å²) >= 11 is 0. The lowest BCUT2D eigenvalue weighted by Crippen LogP contribution is -1.90. The quantitative estimate of drug-likeness (QED) is 0.434. The summed E-state index contributed by atoms with van der Waals surface area (Å²) in [6, 6.07) is 10.8. The number of aromatic nitrogens is 1.